The number of carbonyl (C=O) groups excluding carboxylic acids is 3. The first kappa shape index (κ1) is 9.43. The molecule has 0 bridgehead atoms. The Labute approximate surface area is 73.0 Å². The van der Waals surface area contributed by atoms with Gasteiger partial charge in [0.05, 0.1) is 0 Å². The smallest absolute Gasteiger partial charge is 0.413 e. The molecule has 1 aliphatic rings. The highest BCUT2D eigenvalue weighted by Gasteiger charge is 2.38. The molecule has 0 saturated carbocycles. The number of hydrogen-bond acceptors (Lipinski definition) is 5. The molecule has 0 radical (unpaired) electrons. The second-order valence-corrected chi connectivity index (χ2v) is 2.59. The van der Waals surface area contributed by atoms with Crippen LogP contribution in [0, 0.1) is 0 Å². The maximum atomic E-state index is 10.6. The molecule has 1 saturated heterocycles. The number of carboxylic acids is 1. The number of aliphatic carboxylic acids is 1. The van der Waals surface area contributed by atoms with E-state index < -0.39 is 30.4 Å². The number of ketones is 2. The van der Waals surface area contributed by atoms with Gasteiger partial charge in [-0.3, -0.25) is 9.59 Å². The molecule has 0 aromatic rings. The van der Waals surface area contributed by atoms with E-state index in [1.54, 1.807) is 0 Å². The molecule has 1 fully saturated rings. The van der Waals surface area contributed by atoms with Crippen LogP contribution in [0.25, 0.3) is 0 Å². The van der Waals surface area contributed by atoms with Crippen LogP contribution >= 0.6 is 0 Å². The molecule has 1 heterocycles. The van der Waals surface area contributed by atoms with Gasteiger partial charge in [0.2, 0.25) is 0 Å². The van der Waals surface area contributed by atoms with Gasteiger partial charge in [0.1, 0.15) is 0 Å². The molecule has 0 amide bonds. The molecular weight excluding hydrogens is 179 g/mol. The van der Waals surface area contributed by atoms with Crippen molar-refractivity contribution in [3.8, 4) is 0 Å². The summed E-state index contributed by atoms with van der Waals surface area (Å²) in [5.41, 5.74) is 0. The van der Waals surface area contributed by atoms with Crippen LogP contribution in [-0.2, 0) is 23.8 Å². The van der Waals surface area contributed by atoms with Crippen LogP contribution < -0.4 is 0 Å². The molecule has 0 spiro atoms. The van der Waals surface area contributed by atoms with Crippen molar-refractivity contribution in [2.24, 2.45) is 0 Å². The van der Waals surface area contributed by atoms with E-state index in [9.17, 15) is 19.2 Å². The van der Waals surface area contributed by atoms with E-state index in [2.05, 4.69) is 4.65 Å². The van der Waals surface area contributed by atoms with E-state index in [1.807, 2.05) is 0 Å². The van der Waals surface area contributed by atoms with Crippen molar-refractivity contribution in [3.63, 3.8) is 0 Å². The van der Waals surface area contributed by atoms with Crippen LogP contribution in [-0.4, -0.2) is 35.5 Å². The lowest BCUT2D eigenvalue weighted by Gasteiger charge is -2.02. The summed E-state index contributed by atoms with van der Waals surface area (Å²) < 4.78 is 4.33. The van der Waals surface area contributed by atoms with Gasteiger partial charge in [-0.05, 0) is 0 Å². The van der Waals surface area contributed by atoms with E-state index >= 15 is 0 Å². The number of hydrogen-bond donors (Lipinski definition) is 1. The van der Waals surface area contributed by atoms with Crippen LogP contribution in [0.5, 0.6) is 0 Å². The molecule has 0 aliphatic carbocycles. The second kappa shape index (κ2) is 3.38. The largest absolute Gasteiger partial charge is 0.527 e. The van der Waals surface area contributed by atoms with Gasteiger partial charge in [-0.2, -0.15) is 0 Å². The molecule has 0 unspecified atom stereocenters. The lowest BCUT2D eigenvalue weighted by atomic mass is 9.66. The third kappa shape index (κ3) is 2.14. The molecule has 1 rings (SSSR count). The molecule has 68 valence electrons. The highest BCUT2D eigenvalue weighted by atomic mass is 16.5. The highest BCUT2D eigenvalue weighted by molar-refractivity contribution is 6.75. The van der Waals surface area contributed by atoms with Gasteiger partial charge < -0.3 is 9.76 Å². The fraction of sp³-hybridized carbons (Fsp3) is 0.333. The molecule has 0 atom stereocenters. The molecule has 1 N–H and O–H groups in total. The Morgan fingerprint density at radius 2 is 1.69 bits per heavy atom. The van der Waals surface area contributed by atoms with E-state index in [0.717, 1.165) is 0 Å². The van der Waals surface area contributed by atoms with E-state index in [1.165, 1.54) is 0 Å². The fourth-order valence-electron chi connectivity index (χ4n) is 0.999. The van der Waals surface area contributed by atoms with Crippen molar-refractivity contribution >= 4 is 30.4 Å². The van der Waals surface area contributed by atoms with E-state index in [-0.39, 0.29) is 12.6 Å². The average Bonchev–Trinajstić information content (AvgIpc) is 2.31. The van der Waals surface area contributed by atoms with Crippen molar-refractivity contribution in [1.29, 1.82) is 0 Å². The van der Waals surface area contributed by atoms with Crippen LogP contribution in [0.15, 0.2) is 0 Å². The molecule has 7 heteroatoms. The third-order valence-corrected chi connectivity index (χ3v) is 1.59. The summed E-state index contributed by atoms with van der Waals surface area (Å²) >= 11 is 0. The first-order valence-corrected chi connectivity index (χ1v) is 3.50. The second-order valence-electron chi connectivity index (χ2n) is 2.59. The quantitative estimate of drug-likeness (QED) is 0.404. The summed E-state index contributed by atoms with van der Waals surface area (Å²) in [5, 5.41) is 8.13. The lowest BCUT2D eigenvalue weighted by Crippen LogP contribution is -2.25. The molecule has 1 aliphatic heterocycles. The monoisotopic (exact) mass is 184 g/mol. The van der Waals surface area contributed by atoms with Gasteiger partial charge in [0.15, 0.2) is 11.6 Å². The number of rotatable bonds is 1. The summed E-state index contributed by atoms with van der Waals surface area (Å²) in [7, 11) is 0. The minimum Gasteiger partial charge on any atom is -0.527 e. The van der Waals surface area contributed by atoms with Crippen LogP contribution in [0.2, 0.25) is 12.6 Å². The Morgan fingerprint density at radius 1 is 1.23 bits per heavy atom. The molecule has 0 aromatic heterocycles. The Bertz CT molecular complexity index is 279. The summed E-state index contributed by atoms with van der Waals surface area (Å²) in [4.78, 5) is 41.8. The van der Waals surface area contributed by atoms with Gasteiger partial charge in [0.25, 0.3) is 0 Å². The van der Waals surface area contributed by atoms with Crippen LogP contribution in [0.4, 0.5) is 0 Å². The molecule has 6 nitrogen and oxygen atoms in total. The minimum atomic E-state index is -1.73. The highest BCUT2D eigenvalue weighted by Crippen LogP contribution is 2.13. The minimum absolute atomic E-state index is 0.210. The van der Waals surface area contributed by atoms with Crippen molar-refractivity contribution < 1.29 is 28.9 Å². The number of Topliss-reactive ketones (excluding diaryl/α,β-unsaturated/α-hetero) is 2. The molecule has 0 aromatic carbocycles. The fourth-order valence-corrected chi connectivity index (χ4v) is 0.999. The Hall–Kier alpha value is -1.66. The van der Waals surface area contributed by atoms with Crippen LogP contribution in [0.3, 0.4) is 0 Å². The van der Waals surface area contributed by atoms with Crippen molar-refractivity contribution in [2.75, 3.05) is 0 Å². The van der Waals surface area contributed by atoms with Crippen molar-refractivity contribution in [1.82, 2.24) is 0 Å². The summed E-state index contributed by atoms with van der Waals surface area (Å²) in [6.45, 7) is -0.899. The Kier molecular flexibility index (Phi) is 2.45. The maximum absolute atomic E-state index is 10.6. The van der Waals surface area contributed by atoms with Crippen molar-refractivity contribution in [2.45, 2.75) is 12.6 Å². The lowest BCUT2D eigenvalue weighted by molar-refractivity contribution is -0.158. The Balaban J connectivity index is 2.49. The van der Waals surface area contributed by atoms with Crippen LogP contribution in [0.1, 0.15) is 0 Å². The van der Waals surface area contributed by atoms with Crippen molar-refractivity contribution in [3.05, 3.63) is 0 Å². The SMILES string of the molecule is O=C(O)C(=O)OB1CC(=O)C(=O)C1. The first-order valence-electron chi connectivity index (χ1n) is 3.50. The standard InChI is InChI=1S/C6H5BO6/c8-3-1-7(2-4(3)9)13-6(12)5(10)11/h1-2H2,(H,10,11). The van der Waals surface area contributed by atoms with E-state index in [0.29, 0.717) is 0 Å². The zero-order chi connectivity index (χ0) is 10.0. The topological polar surface area (TPSA) is 97.7 Å². The van der Waals surface area contributed by atoms with Gasteiger partial charge in [0, 0.05) is 12.6 Å². The van der Waals surface area contributed by atoms with Gasteiger partial charge in [-0.1, -0.05) is 0 Å². The zero-order valence-electron chi connectivity index (χ0n) is 6.48. The average molecular weight is 184 g/mol. The predicted octanol–water partition coefficient (Wildman–Crippen LogP) is -1.24. The number of carboxylic acid groups (broad SMARTS) is 1. The number of carbonyl (C=O) groups is 4. The first-order chi connectivity index (χ1) is 6.00. The Morgan fingerprint density at radius 3 is 2.08 bits per heavy atom. The molecule has 13 heavy (non-hydrogen) atoms. The predicted molar refractivity (Wildman–Crippen MR) is 39.1 cm³/mol. The molecular formula is C6H5BO6. The van der Waals surface area contributed by atoms with E-state index in [4.69, 9.17) is 5.11 Å². The summed E-state index contributed by atoms with van der Waals surface area (Å²) in [6.07, 6.45) is -0.421. The third-order valence-electron chi connectivity index (χ3n) is 1.59. The zero-order valence-corrected chi connectivity index (χ0v) is 6.48. The van der Waals surface area contributed by atoms with Gasteiger partial charge >= 0.3 is 18.9 Å². The summed E-state index contributed by atoms with van der Waals surface area (Å²) in [5.74, 6) is -4.41. The normalized spacial score (nSPS) is 16.2. The maximum Gasteiger partial charge on any atom is 0.413 e. The van der Waals surface area contributed by atoms with Gasteiger partial charge in [-0.25, -0.2) is 9.59 Å². The summed E-state index contributed by atoms with van der Waals surface area (Å²) in [6, 6.07) is 0. The van der Waals surface area contributed by atoms with Gasteiger partial charge in [-0.15, -0.1) is 0 Å².